The first-order valence-corrected chi connectivity index (χ1v) is 10.2. The van der Waals surface area contributed by atoms with Crippen molar-refractivity contribution in [1.82, 2.24) is 10.2 Å². The molecule has 3 amide bonds. The first-order chi connectivity index (χ1) is 12.9. The number of carbonyl (C=O) groups is 4. The highest BCUT2D eigenvalue weighted by Gasteiger charge is 2.51. The first kappa shape index (κ1) is 19.8. The lowest BCUT2D eigenvalue weighted by Gasteiger charge is -2.29. The first-order valence-electron chi connectivity index (χ1n) is 10.2. The van der Waals surface area contributed by atoms with Crippen LogP contribution in [0.1, 0.15) is 65.2 Å². The molecule has 3 aliphatic rings. The zero-order chi connectivity index (χ0) is 19.6. The minimum atomic E-state index is -0.989. The minimum absolute atomic E-state index is 0.118. The Morgan fingerprint density at radius 3 is 2.19 bits per heavy atom. The monoisotopic (exact) mass is 378 g/mol. The maximum absolute atomic E-state index is 12.6. The van der Waals surface area contributed by atoms with Crippen LogP contribution in [0.3, 0.4) is 0 Å². The third-order valence-corrected chi connectivity index (χ3v) is 6.41. The Hall–Kier alpha value is -1.92. The molecule has 0 radical (unpaired) electrons. The van der Waals surface area contributed by atoms with Gasteiger partial charge in [0.2, 0.25) is 11.8 Å². The fraction of sp³-hybridized carbons (Fsp3) is 0.800. The zero-order valence-corrected chi connectivity index (χ0v) is 16.2. The van der Waals surface area contributed by atoms with E-state index < -0.39 is 12.0 Å². The molecule has 2 aliphatic carbocycles. The second kappa shape index (κ2) is 8.40. The molecule has 0 aromatic heterocycles. The van der Waals surface area contributed by atoms with Crippen LogP contribution in [-0.4, -0.2) is 47.3 Å². The highest BCUT2D eigenvalue weighted by molar-refractivity contribution is 6.07. The largest absolute Gasteiger partial charge is 0.454 e. The fourth-order valence-corrected chi connectivity index (χ4v) is 4.71. The summed E-state index contributed by atoms with van der Waals surface area (Å²) in [6, 6.07) is -0.871. The molecule has 27 heavy (non-hydrogen) atoms. The summed E-state index contributed by atoms with van der Waals surface area (Å²) in [5.74, 6) is -1.75. The van der Waals surface area contributed by atoms with Gasteiger partial charge in [0.05, 0.1) is 11.8 Å². The van der Waals surface area contributed by atoms with Crippen molar-refractivity contribution in [2.45, 2.75) is 77.3 Å². The van der Waals surface area contributed by atoms with E-state index >= 15 is 0 Å². The van der Waals surface area contributed by atoms with E-state index in [2.05, 4.69) is 12.2 Å². The second-order valence-electron chi connectivity index (χ2n) is 8.26. The smallest absolute Gasteiger partial charge is 0.329 e. The van der Waals surface area contributed by atoms with Gasteiger partial charge in [-0.25, -0.2) is 4.79 Å². The van der Waals surface area contributed by atoms with Gasteiger partial charge in [-0.15, -0.1) is 0 Å². The van der Waals surface area contributed by atoms with Crippen LogP contribution < -0.4 is 5.32 Å². The number of imide groups is 1. The number of rotatable bonds is 5. The van der Waals surface area contributed by atoms with Gasteiger partial charge in [0.1, 0.15) is 6.04 Å². The third-order valence-electron chi connectivity index (χ3n) is 6.41. The van der Waals surface area contributed by atoms with Crippen molar-refractivity contribution in [3.63, 3.8) is 0 Å². The Balaban J connectivity index is 1.51. The fourth-order valence-electron chi connectivity index (χ4n) is 4.71. The molecule has 5 atom stereocenters. The van der Waals surface area contributed by atoms with Crippen molar-refractivity contribution in [3.05, 3.63) is 0 Å². The molecule has 3 rings (SSSR count). The zero-order valence-electron chi connectivity index (χ0n) is 16.2. The summed E-state index contributed by atoms with van der Waals surface area (Å²) in [6.45, 7) is 3.23. The number of likely N-dealkylation sites (tertiary alicyclic amines) is 1. The number of fused-ring (bicyclic) bond motifs is 1. The van der Waals surface area contributed by atoms with Gasteiger partial charge in [-0.1, -0.05) is 32.6 Å². The molecule has 0 unspecified atom stereocenters. The second-order valence-corrected chi connectivity index (χ2v) is 8.26. The number of ether oxygens (including phenoxy) is 1. The van der Waals surface area contributed by atoms with Crippen molar-refractivity contribution in [2.24, 2.45) is 17.8 Å². The molecule has 7 nitrogen and oxygen atoms in total. The van der Waals surface area contributed by atoms with Crippen LogP contribution in [0.25, 0.3) is 0 Å². The molecule has 0 aromatic carbocycles. The highest BCUT2D eigenvalue weighted by Crippen LogP contribution is 2.38. The molecular weight excluding hydrogens is 348 g/mol. The Kier molecular flexibility index (Phi) is 6.17. The number of nitrogens with zero attached hydrogens (tertiary/aromatic N) is 1. The summed E-state index contributed by atoms with van der Waals surface area (Å²) in [7, 11) is 0. The summed E-state index contributed by atoms with van der Waals surface area (Å²) in [4.78, 5) is 50.6. The van der Waals surface area contributed by atoms with Crippen LogP contribution in [0.2, 0.25) is 0 Å². The maximum Gasteiger partial charge on any atom is 0.329 e. The average Bonchev–Trinajstić information content (AvgIpc) is 2.92. The van der Waals surface area contributed by atoms with Gasteiger partial charge < -0.3 is 10.1 Å². The van der Waals surface area contributed by atoms with Gasteiger partial charge in [-0.05, 0) is 38.5 Å². The Labute approximate surface area is 160 Å². The van der Waals surface area contributed by atoms with Gasteiger partial charge >= 0.3 is 5.97 Å². The molecular formula is C20H30N2O5. The minimum Gasteiger partial charge on any atom is -0.454 e. The summed E-state index contributed by atoms with van der Waals surface area (Å²) in [5.41, 5.74) is 0. The lowest BCUT2D eigenvalue weighted by Crippen LogP contribution is -2.46. The number of carbonyl (C=O) groups excluding carboxylic acids is 4. The van der Waals surface area contributed by atoms with Crippen molar-refractivity contribution < 1.29 is 23.9 Å². The topological polar surface area (TPSA) is 92.8 Å². The van der Waals surface area contributed by atoms with Crippen LogP contribution in [0.15, 0.2) is 0 Å². The van der Waals surface area contributed by atoms with E-state index in [-0.39, 0.29) is 42.2 Å². The van der Waals surface area contributed by atoms with E-state index in [1.165, 1.54) is 13.3 Å². The van der Waals surface area contributed by atoms with Crippen LogP contribution in [0.5, 0.6) is 0 Å². The molecule has 0 bridgehead atoms. The Morgan fingerprint density at radius 1 is 1.04 bits per heavy atom. The molecule has 1 saturated heterocycles. The van der Waals surface area contributed by atoms with Crippen molar-refractivity contribution in [2.75, 3.05) is 6.61 Å². The van der Waals surface area contributed by atoms with Crippen molar-refractivity contribution >= 4 is 23.7 Å². The number of nitrogens with one attached hydrogen (secondary N) is 1. The molecule has 1 N–H and O–H groups in total. The lowest BCUT2D eigenvalue weighted by molar-refractivity contribution is -0.159. The van der Waals surface area contributed by atoms with E-state index in [0.29, 0.717) is 18.8 Å². The van der Waals surface area contributed by atoms with E-state index in [0.717, 1.165) is 37.0 Å². The Morgan fingerprint density at radius 2 is 1.59 bits per heavy atom. The van der Waals surface area contributed by atoms with E-state index in [1.54, 1.807) is 0 Å². The average molecular weight is 378 g/mol. The molecule has 1 heterocycles. The van der Waals surface area contributed by atoms with Crippen LogP contribution in [0, 0.1) is 17.8 Å². The van der Waals surface area contributed by atoms with Gasteiger partial charge in [0, 0.05) is 6.04 Å². The molecule has 3 fully saturated rings. The number of hydrogen-bond acceptors (Lipinski definition) is 5. The normalized spacial score (nSPS) is 32.0. The maximum atomic E-state index is 12.6. The van der Waals surface area contributed by atoms with Gasteiger partial charge in [-0.2, -0.15) is 0 Å². The van der Waals surface area contributed by atoms with E-state index in [1.807, 2.05) is 0 Å². The van der Waals surface area contributed by atoms with E-state index in [9.17, 15) is 19.2 Å². The van der Waals surface area contributed by atoms with Crippen LogP contribution >= 0.6 is 0 Å². The molecule has 1 aliphatic heterocycles. The molecule has 0 spiro atoms. The molecule has 0 aromatic rings. The number of hydrogen-bond donors (Lipinski definition) is 1. The summed E-state index contributed by atoms with van der Waals surface area (Å²) in [6.07, 6.45) is 7.58. The number of esters is 1. The number of amides is 3. The van der Waals surface area contributed by atoms with Crippen molar-refractivity contribution in [1.29, 1.82) is 0 Å². The molecule has 2 saturated carbocycles. The predicted molar refractivity (Wildman–Crippen MR) is 97.3 cm³/mol. The SMILES string of the molecule is C[C@@H]1CCCC[C@@H]1NC(=O)COC(=O)[C@H](C)N1C(=O)[C@H]2CCCC[C@H]2C1=O. The summed E-state index contributed by atoms with van der Waals surface area (Å²) in [5, 5.41) is 2.93. The summed E-state index contributed by atoms with van der Waals surface area (Å²) < 4.78 is 5.11. The highest BCUT2D eigenvalue weighted by atomic mass is 16.5. The lowest BCUT2D eigenvalue weighted by atomic mass is 9.81. The van der Waals surface area contributed by atoms with Gasteiger partial charge in [0.15, 0.2) is 6.61 Å². The Bertz CT molecular complexity index is 595. The van der Waals surface area contributed by atoms with Gasteiger partial charge in [0.25, 0.3) is 5.91 Å². The van der Waals surface area contributed by atoms with E-state index in [4.69, 9.17) is 4.74 Å². The molecule has 150 valence electrons. The quantitative estimate of drug-likeness (QED) is 0.582. The standard InChI is InChI=1S/C20H30N2O5/c1-12-7-3-6-10-16(12)21-17(23)11-27-20(26)13(2)22-18(24)14-8-4-5-9-15(14)19(22)25/h12-16H,3-11H2,1-2H3,(H,21,23)/t12-,13+,14-,15+,16+/m1/s1. The molecule has 7 heteroatoms. The van der Waals surface area contributed by atoms with Crippen molar-refractivity contribution in [3.8, 4) is 0 Å². The predicted octanol–water partition coefficient (Wildman–Crippen LogP) is 1.79. The van der Waals surface area contributed by atoms with Crippen LogP contribution in [-0.2, 0) is 23.9 Å². The van der Waals surface area contributed by atoms with Crippen LogP contribution in [0.4, 0.5) is 0 Å². The third kappa shape index (κ3) is 4.17. The van der Waals surface area contributed by atoms with Gasteiger partial charge in [-0.3, -0.25) is 19.3 Å². The summed E-state index contributed by atoms with van der Waals surface area (Å²) >= 11 is 0.